The number of para-hydroxylation sites is 1. The fourth-order valence-corrected chi connectivity index (χ4v) is 9.68. The van der Waals surface area contributed by atoms with Gasteiger partial charge >= 0.3 is 0 Å². The second-order valence-electron chi connectivity index (χ2n) is 18.4. The minimum Gasteiger partial charge on any atom is -0.456 e. The van der Waals surface area contributed by atoms with Gasteiger partial charge in [0.1, 0.15) is 11.2 Å². The van der Waals surface area contributed by atoms with Crippen molar-refractivity contribution < 1.29 is 4.42 Å². The van der Waals surface area contributed by atoms with Crippen molar-refractivity contribution in [3.05, 3.63) is 124 Å². The van der Waals surface area contributed by atoms with E-state index in [1.54, 1.807) is 0 Å². The SMILES string of the molecule is Cc1cc(N(c2c(C)cc(C(C)(C)C)cc2C)c2cccc3oc4ccccc4c23)cc(N2c3ccc(C(C)(C)C)cc3C3(C)CCCCC23C)c1. The number of nitrogens with zero attached hydrogens (tertiary/aromatic N) is 2. The molecule has 6 aromatic rings. The maximum atomic E-state index is 6.49. The summed E-state index contributed by atoms with van der Waals surface area (Å²) in [5.41, 5.74) is 16.2. The molecule has 268 valence electrons. The first kappa shape index (κ1) is 34.6. The summed E-state index contributed by atoms with van der Waals surface area (Å²) in [7, 11) is 0. The summed E-state index contributed by atoms with van der Waals surface area (Å²) in [5.74, 6) is 0. The van der Waals surface area contributed by atoms with E-state index in [1.807, 2.05) is 0 Å². The molecule has 3 heteroatoms. The van der Waals surface area contributed by atoms with Gasteiger partial charge in [-0.3, -0.25) is 0 Å². The third-order valence-electron chi connectivity index (χ3n) is 12.7. The van der Waals surface area contributed by atoms with E-state index in [0.717, 1.165) is 27.6 Å². The molecule has 1 aliphatic carbocycles. The molecule has 1 aromatic heterocycles. The highest BCUT2D eigenvalue weighted by Crippen LogP contribution is 2.61. The standard InChI is InChI=1S/C49H56N2O/c1-31-25-36(30-37(26-31)51-40-22-21-34(46(4,5)6)29-39(40)48(10)23-14-15-24-49(48,51)11)50(45-32(2)27-35(28-33(45)3)47(7,8)9)41-18-16-20-43-44(41)38-17-12-13-19-42(38)52-43/h12-13,16-22,25-30H,14-15,23-24H2,1-11H3. The van der Waals surface area contributed by atoms with E-state index in [9.17, 15) is 0 Å². The van der Waals surface area contributed by atoms with Crippen LogP contribution in [0.1, 0.15) is 114 Å². The Morgan fingerprint density at radius 2 is 1.35 bits per heavy atom. The monoisotopic (exact) mass is 688 g/mol. The molecular formula is C49H56N2O. The molecule has 1 aliphatic heterocycles. The number of hydrogen-bond donors (Lipinski definition) is 0. The van der Waals surface area contributed by atoms with Gasteiger partial charge in [-0.1, -0.05) is 110 Å². The molecule has 2 unspecified atom stereocenters. The second-order valence-corrected chi connectivity index (χ2v) is 18.4. The fraction of sp³-hybridized carbons (Fsp3) is 0.388. The van der Waals surface area contributed by atoms with Crippen LogP contribution in [-0.4, -0.2) is 5.54 Å². The molecule has 8 rings (SSSR count). The van der Waals surface area contributed by atoms with E-state index in [2.05, 4.69) is 177 Å². The Hall–Kier alpha value is -4.50. The smallest absolute Gasteiger partial charge is 0.137 e. The van der Waals surface area contributed by atoms with Gasteiger partial charge in [0.05, 0.1) is 22.3 Å². The lowest BCUT2D eigenvalue weighted by Crippen LogP contribution is -2.54. The molecule has 0 spiro atoms. The number of anilines is 5. The summed E-state index contributed by atoms with van der Waals surface area (Å²) in [6.07, 6.45) is 4.90. The zero-order valence-corrected chi connectivity index (χ0v) is 33.3. The highest BCUT2D eigenvalue weighted by molar-refractivity contribution is 6.13. The molecule has 0 bridgehead atoms. The van der Waals surface area contributed by atoms with E-state index >= 15 is 0 Å². The topological polar surface area (TPSA) is 19.6 Å². The van der Waals surface area contributed by atoms with Gasteiger partial charge in [0.2, 0.25) is 0 Å². The fourth-order valence-electron chi connectivity index (χ4n) is 9.68. The van der Waals surface area contributed by atoms with Crippen LogP contribution >= 0.6 is 0 Å². The summed E-state index contributed by atoms with van der Waals surface area (Å²) >= 11 is 0. The van der Waals surface area contributed by atoms with E-state index in [-0.39, 0.29) is 21.8 Å². The van der Waals surface area contributed by atoms with Gasteiger partial charge in [0.15, 0.2) is 0 Å². The second kappa shape index (κ2) is 11.8. The van der Waals surface area contributed by atoms with Gasteiger partial charge in [0.25, 0.3) is 0 Å². The van der Waals surface area contributed by atoms with Crippen LogP contribution in [0.3, 0.4) is 0 Å². The zero-order valence-electron chi connectivity index (χ0n) is 33.3. The quantitative estimate of drug-likeness (QED) is 0.184. The number of fused-ring (bicyclic) bond motifs is 6. The van der Waals surface area contributed by atoms with Gasteiger partial charge < -0.3 is 14.2 Å². The molecule has 52 heavy (non-hydrogen) atoms. The lowest BCUT2D eigenvalue weighted by molar-refractivity contribution is 0.195. The molecule has 3 nitrogen and oxygen atoms in total. The zero-order chi connectivity index (χ0) is 37.0. The Morgan fingerprint density at radius 3 is 2.06 bits per heavy atom. The van der Waals surface area contributed by atoms with E-state index < -0.39 is 0 Å². The summed E-state index contributed by atoms with van der Waals surface area (Å²) in [4.78, 5) is 5.26. The van der Waals surface area contributed by atoms with Crippen molar-refractivity contribution in [1.29, 1.82) is 0 Å². The lowest BCUT2D eigenvalue weighted by atomic mass is 9.61. The first-order valence-electron chi connectivity index (χ1n) is 19.4. The van der Waals surface area contributed by atoms with E-state index in [4.69, 9.17) is 4.42 Å². The number of furan rings is 1. The Balaban J connectivity index is 1.40. The van der Waals surface area contributed by atoms with Crippen molar-refractivity contribution in [2.45, 2.75) is 124 Å². The van der Waals surface area contributed by atoms with Gasteiger partial charge in [-0.25, -0.2) is 0 Å². The van der Waals surface area contributed by atoms with Gasteiger partial charge in [-0.05, 0) is 127 Å². The Bertz CT molecular complexity index is 2340. The highest BCUT2D eigenvalue weighted by Gasteiger charge is 2.57. The summed E-state index contributed by atoms with van der Waals surface area (Å²) < 4.78 is 6.49. The van der Waals surface area contributed by atoms with Crippen molar-refractivity contribution in [2.75, 3.05) is 9.80 Å². The molecule has 2 aliphatic rings. The average molecular weight is 689 g/mol. The largest absolute Gasteiger partial charge is 0.456 e. The minimum atomic E-state index is -0.0407. The molecule has 2 atom stereocenters. The molecule has 0 saturated heterocycles. The van der Waals surface area contributed by atoms with Crippen LogP contribution < -0.4 is 9.80 Å². The summed E-state index contributed by atoms with van der Waals surface area (Å²) in [5, 5.41) is 2.29. The van der Waals surface area contributed by atoms with Crippen molar-refractivity contribution in [1.82, 2.24) is 0 Å². The normalized spacial score (nSPS) is 20.4. The molecular weight excluding hydrogens is 633 g/mol. The van der Waals surface area contributed by atoms with Crippen LogP contribution in [-0.2, 0) is 16.2 Å². The first-order chi connectivity index (χ1) is 24.5. The average Bonchev–Trinajstić information content (AvgIpc) is 3.55. The number of aryl methyl sites for hydroxylation is 3. The predicted molar refractivity (Wildman–Crippen MR) is 223 cm³/mol. The van der Waals surface area contributed by atoms with Crippen LogP contribution in [0.25, 0.3) is 21.9 Å². The van der Waals surface area contributed by atoms with Crippen LogP contribution in [0.4, 0.5) is 28.4 Å². The lowest BCUT2D eigenvalue weighted by Gasteiger charge is -2.50. The van der Waals surface area contributed by atoms with Crippen molar-refractivity contribution >= 4 is 50.4 Å². The summed E-state index contributed by atoms with van der Waals surface area (Å²) in [6.45, 7) is 25.9. The maximum Gasteiger partial charge on any atom is 0.137 e. The Kier molecular flexibility index (Phi) is 7.82. The van der Waals surface area contributed by atoms with Crippen molar-refractivity contribution in [2.24, 2.45) is 0 Å². The predicted octanol–water partition coefficient (Wildman–Crippen LogP) is 14.3. The van der Waals surface area contributed by atoms with Crippen LogP contribution in [0.5, 0.6) is 0 Å². The maximum absolute atomic E-state index is 6.49. The molecule has 2 heterocycles. The van der Waals surface area contributed by atoms with E-state index in [1.165, 1.54) is 81.8 Å². The molecule has 1 saturated carbocycles. The van der Waals surface area contributed by atoms with Gasteiger partial charge in [0, 0.05) is 27.9 Å². The first-order valence-corrected chi connectivity index (χ1v) is 19.4. The number of benzene rings is 5. The summed E-state index contributed by atoms with van der Waals surface area (Å²) in [6, 6.07) is 34.4. The number of hydrogen-bond acceptors (Lipinski definition) is 3. The molecule has 0 N–H and O–H groups in total. The highest BCUT2D eigenvalue weighted by atomic mass is 16.3. The molecule has 0 radical (unpaired) electrons. The Morgan fingerprint density at radius 1 is 0.673 bits per heavy atom. The van der Waals surface area contributed by atoms with Crippen LogP contribution in [0, 0.1) is 20.8 Å². The third-order valence-corrected chi connectivity index (χ3v) is 12.7. The Labute approximate surface area is 311 Å². The minimum absolute atomic E-state index is 0.0407. The van der Waals surface area contributed by atoms with E-state index in [0.29, 0.717) is 0 Å². The van der Waals surface area contributed by atoms with Crippen molar-refractivity contribution in [3.63, 3.8) is 0 Å². The van der Waals surface area contributed by atoms with Crippen LogP contribution in [0.2, 0.25) is 0 Å². The van der Waals surface area contributed by atoms with Crippen molar-refractivity contribution in [3.8, 4) is 0 Å². The third kappa shape index (κ3) is 5.21. The molecule has 0 amide bonds. The van der Waals surface area contributed by atoms with Crippen LogP contribution in [0.15, 0.2) is 95.4 Å². The van der Waals surface area contributed by atoms with Gasteiger partial charge in [-0.2, -0.15) is 0 Å². The number of rotatable bonds is 4. The van der Waals surface area contributed by atoms with Gasteiger partial charge in [-0.15, -0.1) is 0 Å². The molecule has 5 aromatic carbocycles. The molecule has 1 fully saturated rings.